The van der Waals surface area contributed by atoms with E-state index in [0.29, 0.717) is 28.1 Å². The fourth-order valence-corrected chi connectivity index (χ4v) is 5.38. The summed E-state index contributed by atoms with van der Waals surface area (Å²) in [5.74, 6) is -1.41. The summed E-state index contributed by atoms with van der Waals surface area (Å²) >= 11 is 3.32. The number of hydrogen-bond donors (Lipinski definition) is 1. The van der Waals surface area contributed by atoms with E-state index in [2.05, 4.69) is 22.9 Å². The first-order chi connectivity index (χ1) is 19.2. The molecule has 2 amide bonds. The molecule has 2 heterocycles. The van der Waals surface area contributed by atoms with Crippen molar-refractivity contribution in [2.75, 3.05) is 23.7 Å². The van der Waals surface area contributed by atoms with Crippen LogP contribution >= 0.6 is 15.9 Å². The zero-order valence-electron chi connectivity index (χ0n) is 21.7. The number of rotatable bonds is 9. The maximum absolute atomic E-state index is 13.9. The Morgan fingerprint density at radius 1 is 1.07 bits per heavy atom. The summed E-state index contributed by atoms with van der Waals surface area (Å²) in [6, 6.07) is 14.7. The highest BCUT2D eigenvalue weighted by Gasteiger charge is 2.60. The van der Waals surface area contributed by atoms with E-state index in [9.17, 15) is 24.8 Å². The summed E-state index contributed by atoms with van der Waals surface area (Å²) in [7, 11) is 1.39. The molecule has 12 heteroatoms. The third-order valence-corrected chi connectivity index (χ3v) is 7.49. The van der Waals surface area contributed by atoms with E-state index in [1.807, 2.05) is 0 Å². The van der Waals surface area contributed by atoms with Crippen LogP contribution in [0.5, 0.6) is 17.2 Å². The predicted molar refractivity (Wildman–Crippen MR) is 148 cm³/mol. The molecule has 0 bridgehead atoms. The van der Waals surface area contributed by atoms with Crippen LogP contribution in [0.4, 0.5) is 17.1 Å². The Morgan fingerprint density at radius 3 is 2.50 bits per heavy atom. The van der Waals surface area contributed by atoms with Gasteiger partial charge in [-0.25, -0.2) is 9.96 Å². The number of nitro groups is 1. The molecule has 0 saturated carbocycles. The van der Waals surface area contributed by atoms with Crippen LogP contribution in [0, 0.1) is 16.0 Å². The lowest BCUT2D eigenvalue weighted by Crippen LogP contribution is -2.37. The second-order valence-corrected chi connectivity index (χ2v) is 10.2. The Morgan fingerprint density at radius 2 is 1.82 bits per heavy atom. The molecule has 3 atom stereocenters. The monoisotopic (exact) mass is 611 g/mol. The van der Waals surface area contributed by atoms with Crippen molar-refractivity contribution in [3.05, 3.63) is 80.8 Å². The molecule has 3 aromatic carbocycles. The van der Waals surface area contributed by atoms with Gasteiger partial charge >= 0.3 is 0 Å². The maximum Gasteiger partial charge on any atom is 0.271 e. The highest BCUT2D eigenvalue weighted by Crippen LogP contribution is 2.50. The second-order valence-electron chi connectivity index (χ2n) is 9.36. The van der Waals surface area contributed by atoms with Crippen molar-refractivity contribution >= 4 is 44.8 Å². The lowest BCUT2D eigenvalue weighted by molar-refractivity contribution is -0.384. The first kappa shape index (κ1) is 27.4. The number of anilines is 2. The Kier molecular flexibility index (Phi) is 7.63. The molecule has 5 rings (SSSR count). The molecule has 208 valence electrons. The van der Waals surface area contributed by atoms with E-state index in [-0.39, 0.29) is 22.9 Å². The van der Waals surface area contributed by atoms with Crippen LogP contribution in [-0.2, 0) is 14.4 Å². The molecule has 0 aliphatic carbocycles. The smallest absolute Gasteiger partial charge is 0.271 e. The Labute approximate surface area is 238 Å². The summed E-state index contributed by atoms with van der Waals surface area (Å²) < 4.78 is 11.3. The van der Waals surface area contributed by atoms with Gasteiger partial charge in [0.1, 0.15) is 11.7 Å². The van der Waals surface area contributed by atoms with Crippen LogP contribution in [-0.4, -0.2) is 41.7 Å². The van der Waals surface area contributed by atoms with Gasteiger partial charge < -0.3 is 14.6 Å². The molecule has 2 saturated heterocycles. The first-order valence-corrected chi connectivity index (χ1v) is 13.4. The van der Waals surface area contributed by atoms with Gasteiger partial charge in [-0.05, 0) is 70.4 Å². The van der Waals surface area contributed by atoms with E-state index in [0.717, 1.165) is 17.7 Å². The topological polar surface area (TPSA) is 132 Å². The molecule has 3 aromatic rings. The molecule has 2 aliphatic heterocycles. The summed E-state index contributed by atoms with van der Waals surface area (Å²) in [5.41, 5.74) is 0.976. The number of phenols is 1. The van der Waals surface area contributed by atoms with E-state index in [1.54, 1.807) is 42.5 Å². The second kappa shape index (κ2) is 11.1. The number of fused-ring (bicyclic) bond motifs is 1. The number of hydroxylamine groups is 1. The SMILES string of the molecule is CCCCOc1ccc(N2C(=O)[C@H]3[C@@H](c4cc(Br)c(O)c(OC)c4)N(c4cccc([N+](=O)[O-])c4)O[C@H]3C2=O)cc1. The minimum atomic E-state index is -1.18. The third kappa shape index (κ3) is 4.84. The van der Waals surface area contributed by atoms with Gasteiger partial charge in [0.25, 0.3) is 11.6 Å². The number of hydrogen-bond acceptors (Lipinski definition) is 9. The van der Waals surface area contributed by atoms with Gasteiger partial charge in [-0.2, -0.15) is 0 Å². The number of carbonyl (C=O) groups excluding carboxylic acids is 2. The third-order valence-electron chi connectivity index (χ3n) is 6.88. The molecule has 40 heavy (non-hydrogen) atoms. The number of non-ortho nitro benzene ring substituents is 1. The fraction of sp³-hybridized carbons (Fsp3) is 0.286. The number of methoxy groups -OCH3 is 1. The van der Waals surface area contributed by atoms with Gasteiger partial charge in [-0.1, -0.05) is 19.4 Å². The largest absolute Gasteiger partial charge is 0.503 e. The zero-order valence-corrected chi connectivity index (χ0v) is 23.2. The molecule has 2 fully saturated rings. The van der Waals surface area contributed by atoms with Crippen LogP contribution < -0.4 is 19.4 Å². The van der Waals surface area contributed by atoms with Crippen LogP contribution in [0.2, 0.25) is 0 Å². The quantitative estimate of drug-likeness (QED) is 0.148. The van der Waals surface area contributed by atoms with Crippen LogP contribution in [0.3, 0.4) is 0 Å². The number of benzene rings is 3. The number of nitro benzene ring substituents is 1. The van der Waals surface area contributed by atoms with Gasteiger partial charge in [-0.15, -0.1) is 0 Å². The predicted octanol–water partition coefficient (Wildman–Crippen LogP) is 5.30. The van der Waals surface area contributed by atoms with Crippen molar-refractivity contribution in [3.8, 4) is 17.2 Å². The number of phenolic OH excluding ortho intramolecular Hbond substituents is 1. The number of ether oxygens (including phenoxy) is 2. The summed E-state index contributed by atoms with van der Waals surface area (Å²) in [6.45, 7) is 2.63. The fourth-order valence-electron chi connectivity index (χ4n) is 4.92. The van der Waals surface area contributed by atoms with E-state index < -0.39 is 34.8 Å². The standard InChI is InChI=1S/C28H26BrN3O8/c1-3-4-12-39-20-10-8-17(9-11-20)30-27(34)23-24(16-13-21(29)25(33)22(14-16)38-2)31(40-26(23)28(30)35)18-6-5-7-19(15-18)32(36)37/h5-11,13-15,23-24,26,33H,3-4,12H2,1-2H3/t23-,24+,26+/m0/s1. The molecule has 0 radical (unpaired) electrons. The number of halogens is 1. The van der Waals surface area contributed by atoms with Gasteiger partial charge in [-0.3, -0.25) is 24.5 Å². The van der Waals surface area contributed by atoms with Crippen molar-refractivity contribution in [2.24, 2.45) is 5.92 Å². The van der Waals surface area contributed by atoms with Crippen molar-refractivity contribution in [3.63, 3.8) is 0 Å². The van der Waals surface area contributed by atoms with E-state index in [1.165, 1.54) is 30.4 Å². The van der Waals surface area contributed by atoms with Crippen molar-refractivity contribution < 1.29 is 33.9 Å². The lowest BCUT2D eigenvalue weighted by atomic mass is 9.90. The normalized spacial score (nSPS) is 20.1. The van der Waals surface area contributed by atoms with Gasteiger partial charge in [0.15, 0.2) is 17.6 Å². The van der Waals surface area contributed by atoms with Crippen molar-refractivity contribution in [1.29, 1.82) is 0 Å². The number of aromatic hydroxyl groups is 1. The van der Waals surface area contributed by atoms with Gasteiger partial charge in [0.05, 0.1) is 40.5 Å². The highest BCUT2D eigenvalue weighted by molar-refractivity contribution is 9.10. The minimum absolute atomic E-state index is 0.138. The number of carbonyl (C=O) groups is 2. The lowest BCUT2D eigenvalue weighted by Gasteiger charge is -2.29. The molecular formula is C28H26BrN3O8. The molecular weight excluding hydrogens is 586 g/mol. The van der Waals surface area contributed by atoms with E-state index >= 15 is 0 Å². The van der Waals surface area contributed by atoms with E-state index in [4.69, 9.17) is 14.3 Å². The van der Waals surface area contributed by atoms with Gasteiger partial charge in [0, 0.05) is 12.1 Å². The molecule has 2 aliphatic rings. The zero-order chi connectivity index (χ0) is 28.6. The molecule has 11 nitrogen and oxygen atoms in total. The number of nitrogens with zero attached hydrogens (tertiary/aromatic N) is 3. The highest BCUT2D eigenvalue weighted by atomic mass is 79.9. The minimum Gasteiger partial charge on any atom is -0.503 e. The Bertz CT molecular complexity index is 1460. The number of imide groups is 1. The van der Waals surface area contributed by atoms with Gasteiger partial charge in [0.2, 0.25) is 5.91 Å². The molecule has 0 spiro atoms. The molecule has 0 aromatic heterocycles. The van der Waals surface area contributed by atoms with Crippen LogP contribution in [0.1, 0.15) is 31.4 Å². The average molecular weight is 612 g/mol. The Balaban J connectivity index is 1.54. The van der Waals surface area contributed by atoms with Crippen LogP contribution in [0.25, 0.3) is 0 Å². The summed E-state index contributed by atoms with van der Waals surface area (Å²) in [5, 5.41) is 23.2. The summed E-state index contributed by atoms with van der Waals surface area (Å²) in [4.78, 5) is 45.6. The average Bonchev–Trinajstić information content (AvgIpc) is 3.46. The van der Waals surface area contributed by atoms with Crippen molar-refractivity contribution in [2.45, 2.75) is 31.9 Å². The molecule has 1 N–H and O–H groups in total. The summed E-state index contributed by atoms with van der Waals surface area (Å²) in [6.07, 6.45) is 0.720. The van der Waals surface area contributed by atoms with Crippen LogP contribution in [0.15, 0.2) is 65.1 Å². The first-order valence-electron chi connectivity index (χ1n) is 12.6. The maximum atomic E-state index is 13.9. The number of unbranched alkanes of at least 4 members (excludes halogenated alkanes) is 1. The van der Waals surface area contributed by atoms with Crippen molar-refractivity contribution in [1.82, 2.24) is 0 Å². The molecule has 0 unspecified atom stereocenters. The number of amides is 2. The Hall–Kier alpha value is -4.16.